The van der Waals surface area contributed by atoms with Crippen LogP contribution < -0.4 is 0 Å². The summed E-state index contributed by atoms with van der Waals surface area (Å²) in [6.07, 6.45) is 28.3. The molecule has 27 heavy (non-hydrogen) atoms. The van der Waals surface area contributed by atoms with Gasteiger partial charge in [-0.3, -0.25) is 0 Å². The lowest BCUT2D eigenvalue weighted by molar-refractivity contribution is -0.104. The van der Waals surface area contributed by atoms with Crippen LogP contribution >= 0.6 is 0 Å². The van der Waals surface area contributed by atoms with Gasteiger partial charge in [-0.05, 0) is 93.3 Å². The normalized spacial score (nSPS) is 32.3. The lowest BCUT2D eigenvalue weighted by atomic mass is 9.44. The van der Waals surface area contributed by atoms with E-state index in [0.717, 1.165) is 11.8 Å². The van der Waals surface area contributed by atoms with Crippen LogP contribution in [0.5, 0.6) is 0 Å². The molecule has 3 aliphatic carbocycles. The molecule has 0 N–H and O–H groups in total. The third kappa shape index (κ3) is 4.67. The minimum absolute atomic E-state index is 0.655. The van der Waals surface area contributed by atoms with Crippen LogP contribution in [-0.4, -0.2) is 0 Å². The Labute approximate surface area is 171 Å². The van der Waals surface area contributed by atoms with Crippen LogP contribution in [-0.2, 0) is 0 Å². The van der Waals surface area contributed by atoms with Crippen LogP contribution in [0.15, 0.2) is 12.2 Å². The van der Waals surface area contributed by atoms with Crippen molar-refractivity contribution in [1.29, 1.82) is 0 Å². The van der Waals surface area contributed by atoms with Crippen LogP contribution in [0.25, 0.3) is 0 Å². The second kappa shape index (κ2) is 9.98. The Morgan fingerprint density at radius 1 is 0.815 bits per heavy atom. The highest BCUT2D eigenvalue weighted by molar-refractivity contribution is 5.07. The molecule has 0 heterocycles. The lowest BCUT2D eigenvalue weighted by Crippen LogP contribution is -2.51. The second-order valence-electron chi connectivity index (χ2n) is 10.7. The molecule has 0 aliphatic heterocycles. The van der Waals surface area contributed by atoms with Gasteiger partial charge in [-0.25, -0.2) is 0 Å². The van der Waals surface area contributed by atoms with Crippen LogP contribution in [0.4, 0.5) is 0 Å². The first kappa shape index (κ1) is 21.4. The van der Waals surface area contributed by atoms with Crippen LogP contribution in [0.2, 0.25) is 0 Å². The Balaban J connectivity index is 1.86. The van der Waals surface area contributed by atoms with Gasteiger partial charge in [0.25, 0.3) is 0 Å². The van der Waals surface area contributed by atoms with E-state index in [4.69, 9.17) is 0 Å². The molecule has 3 rings (SSSR count). The van der Waals surface area contributed by atoms with Gasteiger partial charge >= 0.3 is 0 Å². The van der Waals surface area contributed by atoms with Crippen LogP contribution in [0.3, 0.4) is 0 Å². The smallest absolute Gasteiger partial charge is 0.0212 e. The number of hydrogen-bond acceptors (Lipinski definition) is 0. The maximum Gasteiger partial charge on any atom is -0.0212 e. The Morgan fingerprint density at radius 2 is 1.44 bits per heavy atom. The highest BCUT2D eigenvalue weighted by Crippen LogP contribution is 2.65. The Morgan fingerprint density at radius 3 is 2.04 bits per heavy atom. The number of allylic oxidation sites excluding steroid dienone is 1. The quantitative estimate of drug-likeness (QED) is 0.372. The average molecular weight is 373 g/mol. The summed E-state index contributed by atoms with van der Waals surface area (Å²) in [6.45, 7) is 9.10. The fraction of sp³-hybridized carbons (Fsp3) is 0.926. The zero-order valence-electron chi connectivity index (χ0n) is 18.8. The van der Waals surface area contributed by atoms with Crippen molar-refractivity contribution in [1.82, 2.24) is 0 Å². The second-order valence-corrected chi connectivity index (χ2v) is 10.7. The molecule has 0 aromatic carbocycles. The summed E-state index contributed by atoms with van der Waals surface area (Å²) in [5, 5.41) is 0. The van der Waals surface area contributed by atoms with Crippen LogP contribution in [0, 0.1) is 22.7 Å². The third-order valence-corrected chi connectivity index (χ3v) is 9.40. The SMILES string of the molecule is C=C(CC)CCC1(C2(C3CCCCC3)CCC(CCC)CC2)CCCCC1. The first-order valence-electron chi connectivity index (χ1n) is 12.8. The predicted molar refractivity (Wildman–Crippen MR) is 120 cm³/mol. The first-order chi connectivity index (χ1) is 13.2. The summed E-state index contributed by atoms with van der Waals surface area (Å²) in [6, 6.07) is 0. The van der Waals surface area contributed by atoms with E-state index < -0.39 is 0 Å². The van der Waals surface area contributed by atoms with E-state index >= 15 is 0 Å². The molecule has 0 aromatic rings. The minimum atomic E-state index is 0.655. The van der Waals surface area contributed by atoms with E-state index in [1.165, 1.54) is 76.2 Å². The van der Waals surface area contributed by atoms with Crippen LogP contribution in [0.1, 0.15) is 136 Å². The van der Waals surface area contributed by atoms with Crippen molar-refractivity contribution in [2.24, 2.45) is 22.7 Å². The highest BCUT2D eigenvalue weighted by atomic mass is 14.6. The molecule has 0 saturated heterocycles. The Bertz CT molecular complexity index is 439. The van der Waals surface area contributed by atoms with E-state index in [1.807, 2.05) is 0 Å². The largest absolute Gasteiger partial charge is 0.0999 e. The molecule has 0 unspecified atom stereocenters. The molecule has 0 heteroatoms. The molecule has 0 atom stereocenters. The number of rotatable bonds is 8. The van der Waals surface area contributed by atoms with Gasteiger partial charge in [0.05, 0.1) is 0 Å². The van der Waals surface area contributed by atoms with E-state index in [0.29, 0.717) is 10.8 Å². The molecule has 3 saturated carbocycles. The average Bonchev–Trinajstić information content (AvgIpc) is 2.74. The van der Waals surface area contributed by atoms with Crippen molar-refractivity contribution in [2.75, 3.05) is 0 Å². The Kier molecular flexibility index (Phi) is 7.92. The zero-order valence-corrected chi connectivity index (χ0v) is 18.8. The van der Waals surface area contributed by atoms with Gasteiger partial charge in [-0.1, -0.05) is 77.4 Å². The van der Waals surface area contributed by atoms with Gasteiger partial charge in [0, 0.05) is 0 Å². The van der Waals surface area contributed by atoms with Gasteiger partial charge < -0.3 is 0 Å². The van der Waals surface area contributed by atoms with E-state index in [2.05, 4.69) is 20.4 Å². The fourth-order valence-electron chi connectivity index (χ4n) is 7.73. The molecule has 3 aliphatic rings. The molecule has 0 bridgehead atoms. The highest BCUT2D eigenvalue weighted by Gasteiger charge is 2.55. The maximum absolute atomic E-state index is 4.41. The lowest BCUT2D eigenvalue weighted by Gasteiger charge is -2.60. The van der Waals surface area contributed by atoms with Gasteiger partial charge in [-0.15, -0.1) is 0 Å². The fourth-order valence-corrected chi connectivity index (χ4v) is 7.73. The van der Waals surface area contributed by atoms with Crippen molar-refractivity contribution >= 4 is 0 Å². The topological polar surface area (TPSA) is 0 Å². The molecule has 0 radical (unpaired) electrons. The van der Waals surface area contributed by atoms with Gasteiger partial charge in [-0.2, -0.15) is 0 Å². The van der Waals surface area contributed by atoms with Gasteiger partial charge in [0.15, 0.2) is 0 Å². The van der Waals surface area contributed by atoms with Gasteiger partial charge in [0.2, 0.25) is 0 Å². The summed E-state index contributed by atoms with van der Waals surface area (Å²) in [4.78, 5) is 0. The summed E-state index contributed by atoms with van der Waals surface area (Å²) >= 11 is 0. The predicted octanol–water partition coefficient (Wildman–Crippen LogP) is 9.24. The van der Waals surface area contributed by atoms with E-state index in [9.17, 15) is 0 Å². The number of hydrogen-bond donors (Lipinski definition) is 0. The summed E-state index contributed by atoms with van der Waals surface area (Å²) in [7, 11) is 0. The zero-order chi connectivity index (χ0) is 19.2. The first-order valence-corrected chi connectivity index (χ1v) is 12.8. The maximum atomic E-state index is 4.41. The summed E-state index contributed by atoms with van der Waals surface area (Å²) < 4.78 is 0. The van der Waals surface area contributed by atoms with Crippen molar-refractivity contribution in [3.05, 3.63) is 12.2 Å². The molecule has 0 aromatic heterocycles. The monoisotopic (exact) mass is 372 g/mol. The molecule has 0 amide bonds. The van der Waals surface area contributed by atoms with Crippen molar-refractivity contribution in [2.45, 2.75) is 136 Å². The van der Waals surface area contributed by atoms with Crippen molar-refractivity contribution in [3.8, 4) is 0 Å². The molecule has 3 fully saturated rings. The van der Waals surface area contributed by atoms with E-state index in [-0.39, 0.29) is 0 Å². The standard InChI is InChI=1S/C27H48/c1-4-12-24-16-21-27(22-17-24,25-13-8-6-9-14-25)26(18-10-7-11-19-26)20-15-23(3)5-2/h24-25H,3-22H2,1-2H3. The molecule has 0 spiro atoms. The van der Waals surface area contributed by atoms with Gasteiger partial charge in [0.1, 0.15) is 0 Å². The molecular formula is C27H48. The molecule has 0 nitrogen and oxygen atoms in total. The summed E-state index contributed by atoms with van der Waals surface area (Å²) in [5.41, 5.74) is 2.85. The van der Waals surface area contributed by atoms with Crippen molar-refractivity contribution < 1.29 is 0 Å². The molecular weight excluding hydrogens is 324 g/mol. The minimum Gasteiger partial charge on any atom is -0.0999 e. The third-order valence-electron chi connectivity index (χ3n) is 9.40. The molecule has 156 valence electrons. The Hall–Kier alpha value is -0.260. The van der Waals surface area contributed by atoms with Crippen molar-refractivity contribution in [3.63, 3.8) is 0 Å². The summed E-state index contributed by atoms with van der Waals surface area (Å²) in [5.74, 6) is 2.08. The van der Waals surface area contributed by atoms with E-state index in [1.54, 1.807) is 51.4 Å².